The van der Waals surface area contributed by atoms with Gasteiger partial charge in [0.25, 0.3) is 5.91 Å². The second-order valence-corrected chi connectivity index (χ2v) is 15.9. The predicted molar refractivity (Wildman–Crippen MR) is 175 cm³/mol. The molecular weight excluding hydrogens is 596 g/mol. The molecule has 7 nitrogen and oxygen atoms in total. The van der Waals surface area contributed by atoms with Crippen molar-refractivity contribution in [2.45, 2.75) is 88.4 Å². The van der Waals surface area contributed by atoms with Gasteiger partial charge in [0.1, 0.15) is 5.75 Å². The Bertz CT molecular complexity index is 1530. The number of aliphatic hydroxyl groups excluding tert-OH is 1. The second-order valence-electron chi connectivity index (χ2n) is 13.6. The van der Waals surface area contributed by atoms with Gasteiger partial charge in [0.2, 0.25) is 10.0 Å². The summed E-state index contributed by atoms with van der Waals surface area (Å²) in [5.41, 5.74) is 3.35. The quantitative estimate of drug-likeness (QED) is 0.376. The monoisotopic (exact) mass is 640 g/mol. The van der Waals surface area contributed by atoms with E-state index in [-0.39, 0.29) is 23.2 Å². The number of aryl methyl sites for hydroxylation is 1. The van der Waals surface area contributed by atoms with E-state index >= 15 is 0 Å². The number of sulfonamides is 1. The summed E-state index contributed by atoms with van der Waals surface area (Å²) in [6, 6.07) is 11.5. The van der Waals surface area contributed by atoms with Crippen molar-refractivity contribution in [1.82, 2.24) is 4.72 Å². The van der Waals surface area contributed by atoms with Crippen LogP contribution in [0.1, 0.15) is 86.7 Å². The average molecular weight is 641 g/mol. The molecule has 1 fully saturated rings. The predicted octanol–water partition coefficient (Wildman–Crippen LogP) is 6.41. The molecule has 0 aromatic heterocycles. The third kappa shape index (κ3) is 6.14. The van der Waals surface area contributed by atoms with Crippen molar-refractivity contribution in [2.24, 2.45) is 17.8 Å². The van der Waals surface area contributed by atoms with Crippen LogP contribution in [0.25, 0.3) is 0 Å². The molecule has 44 heavy (non-hydrogen) atoms. The van der Waals surface area contributed by atoms with Crippen LogP contribution in [0.2, 0.25) is 5.02 Å². The molecule has 0 saturated heterocycles. The Morgan fingerprint density at radius 1 is 1.18 bits per heavy atom. The summed E-state index contributed by atoms with van der Waals surface area (Å²) in [4.78, 5) is 15.9. The number of nitrogens with zero attached hydrogens (tertiary/aromatic N) is 1. The summed E-state index contributed by atoms with van der Waals surface area (Å²) in [6.07, 6.45) is 10.8. The van der Waals surface area contributed by atoms with Gasteiger partial charge in [-0.2, -0.15) is 0 Å². The fourth-order valence-electron chi connectivity index (χ4n) is 7.95. The first kappa shape index (κ1) is 31.4. The van der Waals surface area contributed by atoms with E-state index in [0.717, 1.165) is 62.2 Å². The number of halogens is 1. The number of benzene rings is 2. The molecule has 2 bridgehead atoms. The number of hydrogen-bond acceptors (Lipinski definition) is 6. The number of rotatable bonds is 3. The van der Waals surface area contributed by atoms with Crippen LogP contribution in [0.4, 0.5) is 5.69 Å². The molecule has 2 N–H and O–H groups in total. The highest BCUT2D eigenvalue weighted by atomic mass is 35.5. The normalized spacial score (nSPS) is 32.3. The van der Waals surface area contributed by atoms with Crippen LogP contribution < -0.4 is 14.4 Å². The molecule has 2 aliphatic carbocycles. The van der Waals surface area contributed by atoms with Crippen molar-refractivity contribution >= 4 is 33.2 Å². The Labute approximate surface area is 267 Å². The summed E-state index contributed by atoms with van der Waals surface area (Å²) < 4.78 is 36.2. The average Bonchev–Trinajstić information content (AvgIpc) is 3.11. The van der Waals surface area contributed by atoms with Gasteiger partial charge in [-0.1, -0.05) is 56.5 Å². The van der Waals surface area contributed by atoms with Crippen LogP contribution in [0.3, 0.4) is 0 Å². The minimum atomic E-state index is -3.94. The van der Waals surface area contributed by atoms with Crippen LogP contribution in [0.5, 0.6) is 5.75 Å². The van der Waals surface area contributed by atoms with Gasteiger partial charge in [0, 0.05) is 29.1 Å². The summed E-state index contributed by atoms with van der Waals surface area (Å²) in [6.45, 7) is 5.87. The highest BCUT2D eigenvalue weighted by Gasteiger charge is 2.44. The van der Waals surface area contributed by atoms with Crippen molar-refractivity contribution in [1.29, 1.82) is 0 Å². The lowest BCUT2D eigenvalue weighted by molar-refractivity contribution is 0.0455. The van der Waals surface area contributed by atoms with Crippen molar-refractivity contribution in [3.63, 3.8) is 0 Å². The lowest BCUT2D eigenvalue weighted by Crippen LogP contribution is -2.49. The topological polar surface area (TPSA) is 95.9 Å². The lowest BCUT2D eigenvalue weighted by Gasteiger charge is -2.45. The standard InChI is InChI=1S/C35H45ClN2O5S/c1-3-4-10-33-23(2)7-5-9-31(39)28-14-11-26(28)20-38-21-35(17-6-8-24-18-27(36)13-15-29(24)35)22-43-32-16-12-25(19-30(32)38)34(40)37-44(33,41)42/h5,9,12-13,15-16,18-19,23,26,28,31,33,39H,3-4,6-8,10-11,14,17,20-22H2,1-2H3,(H,37,40)/b9-5-/t23-,26-,28+,31?,33-,35-/m0/s1. The Kier molecular flexibility index (Phi) is 9.06. The summed E-state index contributed by atoms with van der Waals surface area (Å²) in [5.74, 6) is 0.278. The molecule has 2 heterocycles. The smallest absolute Gasteiger partial charge is 0.264 e. The van der Waals surface area contributed by atoms with Gasteiger partial charge in [0.05, 0.1) is 23.6 Å². The minimum absolute atomic E-state index is 0.126. The van der Waals surface area contributed by atoms with Gasteiger partial charge in [-0.3, -0.25) is 4.79 Å². The van der Waals surface area contributed by atoms with Crippen molar-refractivity contribution in [3.05, 3.63) is 70.3 Å². The number of amides is 1. The Morgan fingerprint density at radius 3 is 2.80 bits per heavy atom. The molecule has 2 aromatic carbocycles. The summed E-state index contributed by atoms with van der Waals surface area (Å²) in [5, 5.41) is 11.3. The highest BCUT2D eigenvalue weighted by molar-refractivity contribution is 7.90. The van der Waals surface area contributed by atoms with Crippen LogP contribution in [-0.2, 0) is 21.9 Å². The third-order valence-corrected chi connectivity index (χ3v) is 12.8. The molecule has 9 heteroatoms. The van der Waals surface area contributed by atoms with E-state index in [1.165, 1.54) is 11.1 Å². The Hall–Kier alpha value is -2.55. The highest BCUT2D eigenvalue weighted by Crippen LogP contribution is 2.46. The molecule has 1 saturated carbocycles. The van der Waals surface area contributed by atoms with Crippen LogP contribution in [-0.4, -0.2) is 50.5 Å². The van der Waals surface area contributed by atoms with E-state index in [2.05, 4.69) is 21.8 Å². The maximum Gasteiger partial charge on any atom is 0.264 e. The zero-order valence-electron chi connectivity index (χ0n) is 25.8. The van der Waals surface area contributed by atoms with Gasteiger partial charge in [-0.15, -0.1) is 0 Å². The number of hydrogen-bond donors (Lipinski definition) is 2. The fourth-order valence-corrected chi connectivity index (χ4v) is 9.87. The molecule has 6 atom stereocenters. The number of carbonyl (C=O) groups is 1. The molecule has 0 radical (unpaired) electrons. The van der Waals surface area contributed by atoms with E-state index in [9.17, 15) is 18.3 Å². The molecule has 1 unspecified atom stereocenters. The maximum absolute atomic E-state index is 13.6. The number of unbranched alkanes of at least 4 members (excludes halogenated alkanes) is 1. The Balaban J connectivity index is 1.41. The number of fused-ring (bicyclic) bond motifs is 4. The first-order valence-electron chi connectivity index (χ1n) is 16.3. The molecular formula is C35H45ClN2O5S. The number of allylic oxidation sites excluding steroid dienone is 1. The molecule has 2 aliphatic heterocycles. The first-order valence-corrected chi connectivity index (χ1v) is 18.2. The number of carbonyl (C=O) groups excluding carboxylic acids is 1. The van der Waals surface area contributed by atoms with Crippen molar-refractivity contribution < 1.29 is 23.1 Å². The molecule has 1 spiro atoms. The number of ether oxygens (including phenoxy) is 1. The largest absolute Gasteiger partial charge is 0.490 e. The molecule has 1 amide bonds. The zero-order valence-corrected chi connectivity index (χ0v) is 27.4. The van der Waals surface area contributed by atoms with E-state index in [4.69, 9.17) is 16.3 Å². The van der Waals surface area contributed by atoms with E-state index in [0.29, 0.717) is 37.3 Å². The van der Waals surface area contributed by atoms with Gasteiger partial charge < -0.3 is 14.7 Å². The van der Waals surface area contributed by atoms with E-state index in [1.54, 1.807) is 12.1 Å². The molecule has 6 rings (SSSR count). The minimum Gasteiger partial charge on any atom is -0.490 e. The second kappa shape index (κ2) is 12.7. The lowest BCUT2D eigenvalue weighted by atomic mass is 9.68. The maximum atomic E-state index is 13.6. The van der Waals surface area contributed by atoms with Crippen molar-refractivity contribution in [2.75, 3.05) is 24.6 Å². The number of aliphatic hydroxyl groups is 1. The van der Waals surface area contributed by atoms with Crippen LogP contribution in [0.15, 0.2) is 48.6 Å². The third-order valence-electron chi connectivity index (χ3n) is 10.6. The molecule has 2 aromatic rings. The van der Waals surface area contributed by atoms with Crippen LogP contribution in [0, 0.1) is 17.8 Å². The van der Waals surface area contributed by atoms with Gasteiger partial charge >= 0.3 is 0 Å². The summed E-state index contributed by atoms with van der Waals surface area (Å²) in [7, 11) is -3.94. The SMILES string of the molecule is CCCC[C@H]1[C@@H](C)C/C=C\C(O)[C@@H]2CC[C@H]2CN2C[C@@]3(CCCc4cc(Cl)ccc43)COc3ccc(cc32)C(=O)NS1(=O)=O. The van der Waals surface area contributed by atoms with Crippen LogP contribution >= 0.6 is 11.6 Å². The van der Waals surface area contributed by atoms with Gasteiger partial charge in [-0.05, 0) is 104 Å². The molecule has 238 valence electrons. The van der Waals surface area contributed by atoms with E-state index in [1.807, 2.05) is 38.1 Å². The van der Waals surface area contributed by atoms with Crippen molar-refractivity contribution in [3.8, 4) is 5.75 Å². The number of nitrogens with one attached hydrogen (secondary N) is 1. The zero-order chi connectivity index (χ0) is 31.1. The summed E-state index contributed by atoms with van der Waals surface area (Å²) >= 11 is 6.40. The fraction of sp³-hybridized carbons (Fsp3) is 0.571. The first-order chi connectivity index (χ1) is 21.1. The van der Waals surface area contributed by atoms with E-state index < -0.39 is 27.3 Å². The Morgan fingerprint density at radius 2 is 2.02 bits per heavy atom. The molecule has 4 aliphatic rings. The number of anilines is 1. The van der Waals surface area contributed by atoms with Gasteiger partial charge in [-0.25, -0.2) is 13.1 Å². The van der Waals surface area contributed by atoms with Gasteiger partial charge in [0.15, 0.2) is 0 Å².